The third kappa shape index (κ3) is 7.81. The van der Waals surface area contributed by atoms with Gasteiger partial charge in [0.1, 0.15) is 5.82 Å². The second-order valence-corrected chi connectivity index (χ2v) is 19.6. The number of ether oxygens (including phenoxy) is 1. The number of benzene rings is 10. The van der Waals surface area contributed by atoms with Gasteiger partial charge >= 0.3 is 0 Å². The van der Waals surface area contributed by atoms with Gasteiger partial charge in [-0.15, -0.1) is 29.7 Å². The van der Waals surface area contributed by atoms with Crippen LogP contribution in [-0.2, 0) is 26.5 Å². The summed E-state index contributed by atoms with van der Waals surface area (Å²) in [4.78, 5) is 4.86. The van der Waals surface area contributed by atoms with Crippen LogP contribution in [0.15, 0.2) is 236 Å². The van der Waals surface area contributed by atoms with Crippen molar-refractivity contribution in [2.45, 2.75) is 26.2 Å². The fourth-order valence-electron chi connectivity index (χ4n) is 10.8. The number of hydrogen-bond acceptors (Lipinski definition) is 2. The molecule has 0 unspecified atom stereocenters. The van der Waals surface area contributed by atoms with E-state index >= 15 is 0 Å². The van der Waals surface area contributed by atoms with Gasteiger partial charge in [-0.25, -0.2) is 4.98 Å². The van der Waals surface area contributed by atoms with Gasteiger partial charge in [0.25, 0.3) is 6.33 Å². The molecule has 6 heteroatoms. The average Bonchev–Trinajstić information content (AvgIpc) is 1.41. The van der Waals surface area contributed by atoms with E-state index in [1.807, 2.05) is 95.7 Å². The average molecular weight is 1170 g/mol. The molecule has 0 aliphatic heterocycles. The van der Waals surface area contributed by atoms with Gasteiger partial charge in [-0.05, 0) is 107 Å². The predicted octanol–water partition coefficient (Wildman–Crippen LogP) is 17.2. The first-order valence-electron chi connectivity index (χ1n) is 29.7. The molecule has 5 nitrogen and oxygen atoms in total. The van der Waals surface area contributed by atoms with Crippen molar-refractivity contribution < 1.29 is 44.1 Å². The Morgan fingerprint density at radius 3 is 1.74 bits per heavy atom. The van der Waals surface area contributed by atoms with Crippen molar-refractivity contribution in [3.05, 3.63) is 261 Å². The van der Waals surface area contributed by atoms with Crippen molar-refractivity contribution in [1.82, 2.24) is 14.1 Å². The number of imidazole rings is 1. The van der Waals surface area contributed by atoms with Crippen LogP contribution in [0.1, 0.15) is 40.0 Å². The van der Waals surface area contributed by atoms with E-state index in [1.54, 1.807) is 28.8 Å². The minimum Gasteiger partial charge on any atom is -0.510 e. The maximum absolute atomic E-state index is 9.44. The summed E-state index contributed by atoms with van der Waals surface area (Å²) in [6.07, 6.45) is 5.49. The molecule has 0 saturated heterocycles. The van der Waals surface area contributed by atoms with Gasteiger partial charge in [-0.1, -0.05) is 208 Å². The minimum atomic E-state index is -0.588. The molecule has 0 amide bonds. The van der Waals surface area contributed by atoms with Crippen molar-refractivity contribution in [1.29, 1.82) is 0 Å². The van der Waals surface area contributed by atoms with E-state index in [9.17, 15) is 5.48 Å². The minimum absolute atomic E-state index is 0. The molecule has 3 aromatic heterocycles. The topological polar surface area (TPSA) is 35.9 Å². The Balaban J connectivity index is 0.00000686. The summed E-state index contributed by atoms with van der Waals surface area (Å²) in [6.45, 7) is 6.52. The summed E-state index contributed by atoms with van der Waals surface area (Å²) in [5, 5.41) is 2.00. The molecule has 366 valence electrons. The van der Waals surface area contributed by atoms with Gasteiger partial charge in [-0.3, -0.25) is 4.57 Å². The predicted molar refractivity (Wildman–Crippen MR) is 305 cm³/mol. The normalized spacial score (nSPS) is 13.6. The molecule has 1 aliphatic rings. The van der Waals surface area contributed by atoms with Crippen LogP contribution in [-0.4, -0.2) is 14.1 Å². The number of hydrogen-bond donors (Lipinski definition) is 0. The SMILES string of the molecule is [2H]c1c([2H])c([2H])c(-c2cccc(-c3c([2H])c([2H])c([2H])c([2H])c3[2H])c2-[n+]2[c-]n(-c3[c-]c(Oc4[c-]c5c(cc4)c4ccccc4n5-c4cc(C(C)(C)C)ccn4)ccc3)c3ccc4c(c32)-c2ccccc2-c2ccccc2-c2ccccc2-4)c([2H])c1[2H].[Pt]. The maximum Gasteiger partial charge on any atom is 0.268 e. The summed E-state index contributed by atoms with van der Waals surface area (Å²) in [6, 6.07) is 56.9. The number of fused-ring (bicyclic) bond motifs is 13. The third-order valence-corrected chi connectivity index (χ3v) is 14.2. The van der Waals surface area contributed by atoms with Crippen LogP contribution < -0.4 is 9.30 Å². The Kier molecular flexibility index (Phi) is 9.13. The van der Waals surface area contributed by atoms with Crippen LogP contribution >= 0.6 is 0 Å². The number of rotatable bonds is 7. The first-order valence-corrected chi connectivity index (χ1v) is 24.7. The Morgan fingerprint density at radius 1 is 0.513 bits per heavy atom. The summed E-state index contributed by atoms with van der Waals surface area (Å²) in [5.74, 6) is 1.50. The molecular weight excluding hydrogens is 1110 g/mol. The fraction of sp³-hybridized carbons (Fsp3) is 0.0571. The zero-order valence-corrected chi connectivity index (χ0v) is 43.5. The van der Waals surface area contributed by atoms with Crippen molar-refractivity contribution in [3.8, 4) is 95.5 Å². The van der Waals surface area contributed by atoms with Gasteiger partial charge in [0.15, 0.2) is 0 Å². The van der Waals surface area contributed by atoms with Crippen LogP contribution in [0.4, 0.5) is 0 Å². The molecule has 0 N–H and O–H groups in total. The van der Waals surface area contributed by atoms with E-state index in [1.165, 1.54) is 0 Å². The second-order valence-electron chi connectivity index (χ2n) is 19.6. The largest absolute Gasteiger partial charge is 0.510 e. The van der Waals surface area contributed by atoms with Crippen LogP contribution in [0.25, 0.3) is 117 Å². The molecule has 0 fully saturated rings. The van der Waals surface area contributed by atoms with Crippen LogP contribution in [0, 0.1) is 18.5 Å². The second kappa shape index (κ2) is 18.8. The summed E-state index contributed by atoms with van der Waals surface area (Å²) in [7, 11) is 0. The van der Waals surface area contributed by atoms with E-state index in [0.717, 1.165) is 77.7 Å². The van der Waals surface area contributed by atoms with Crippen molar-refractivity contribution >= 4 is 32.8 Å². The molecule has 10 aromatic carbocycles. The molecule has 13 aromatic rings. The van der Waals surface area contributed by atoms with E-state index < -0.39 is 60.4 Å². The molecule has 3 heterocycles. The molecule has 1 aliphatic carbocycles. The molecule has 0 radical (unpaired) electrons. The smallest absolute Gasteiger partial charge is 0.268 e. The van der Waals surface area contributed by atoms with Crippen LogP contribution in [0.5, 0.6) is 11.5 Å². The zero-order chi connectivity index (χ0) is 58.9. The summed E-state index contributed by atoms with van der Waals surface area (Å²) >= 11 is 0. The fourth-order valence-corrected chi connectivity index (χ4v) is 10.8. The maximum atomic E-state index is 9.44. The summed E-state index contributed by atoms with van der Waals surface area (Å²) in [5.41, 5.74) is 11.6. The first kappa shape index (κ1) is 36.9. The Morgan fingerprint density at radius 2 is 1.08 bits per heavy atom. The monoisotopic (exact) mass is 1170 g/mol. The Labute approximate surface area is 470 Å². The van der Waals surface area contributed by atoms with Crippen LogP contribution in [0.3, 0.4) is 0 Å². The molecule has 0 saturated carbocycles. The van der Waals surface area contributed by atoms with E-state index in [4.69, 9.17) is 17.9 Å². The van der Waals surface area contributed by atoms with Crippen molar-refractivity contribution in [2.75, 3.05) is 0 Å². The van der Waals surface area contributed by atoms with Gasteiger partial charge in [0.2, 0.25) is 0 Å². The molecule has 0 bridgehead atoms. The Bertz CT molecular complexity index is 4860. The van der Waals surface area contributed by atoms with Gasteiger partial charge < -0.3 is 13.9 Å². The first-order chi connectivity index (χ1) is 41.0. The van der Waals surface area contributed by atoms with Gasteiger partial charge in [0.05, 0.1) is 30.4 Å². The van der Waals surface area contributed by atoms with Crippen LogP contribution in [0.2, 0.25) is 0 Å². The number of pyridine rings is 1. The third-order valence-electron chi connectivity index (χ3n) is 14.2. The zero-order valence-electron chi connectivity index (χ0n) is 51.3. The number of aromatic nitrogens is 4. The molecule has 14 rings (SSSR count). The van der Waals surface area contributed by atoms with Gasteiger partial charge in [0, 0.05) is 44.3 Å². The Hall–Kier alpha value is -8.89. The number of para-hydroxylation sites is 2. The van der Waals surface area contributed by atoms with E-state index in [-0.39, 0.29) is 54.4 Å². The van der Waals surface area contributed by atoms with Crippen molar-refractivity contribution in [2.24, 2.45) is 0 Å². The molecular formula is C70H48N4OPt-2. The molecule has 0 spiro atoms. The van der Waals surface area contributed by atoms with E-state index in [2.05, 4.69) is 104 Å². The van der Waals surface area contributed by atoms with Crippen molar-refractivity contribution in [3.63, 3.8) is 0 Å². The van der Waals surface area contributed by atoms with Gasteiger partial charge in [-0.2, -0.15) is 18.2 Å². The van der Waals surface area contributed by atoms with E-state index in [0.29, 0.717) is 28.2 Å². The number of nitrogens with zero attached hydrogens (tertiary/aromatic N) is 4. The summed E-state index contributed by atoms with van der Waals surface area (Å²) < 4.78 is 103. The molecule has 0 atom stereocenters. The quantitative estimate of drug-likeness (QED) is 0.118. The standard InChI is InChI=1S/C70H48N4O.Pt/c1-70(2,3)48-40-41-71-66(42-48)74-63-35-17-16-31-59(63)60-37-36-51(44-65(60)74)75-50-25-18-24-49(43-50)72-45-73(68-52(46-20-6-4-7-21-46)33-19-34-53(68)47-22-8-5-9-23-47)69-64(72)39-38-62-58-30-13-12-28-56(58)54-26-10-11-27-55(54)57-29-14-15-32-61(57)67(62)69;/h4-42H,1-3H3;/q-2;/i4D,5D,6D,7D,8D,9D,20D,21D,22D,23D;. The molecule has 76 heavy (non-hydrogen) atoms.